The summed E-state index contributed by atoms with van der Waals surface area (Å²) in [5.74, 6) is 1.17. The van der Waals surface area contributed by atoms with Crippen molar-refractivity contribution in [3.8, 4) is 11.7 Å². The van der Waals surface area contributed by atoms with Crippen LogP contribution < -0.4 is 15.3 Å². The summed E-state index contributed by atoms with van der Waals surface area (Å²) in [7, 11) is 0. The van der Waals surface area contributed by atoms with Crippen molar-refractivity contribution < 1.29 is 14.3 Å². The van der Waals surface area contributed by atoms with E-state index in [1.807, 2.05) is 17.0 Å². The second-order valence-corrected chi connectivity index (χ2v) is 7.74. The smallest absolute Gasteiger partial charge is 0.366 e. The molecule has 2 fully saturated rings. The molecule has 0 saturated heterocycles. The molecule has 0 aromatic carbocycles. The lowest BCUT2D eigenvalue weighted by Crippen LogP contribution is -2.34. The molecule has 0 bridgehead atoms. The number of hydrogen-bond acceptors (Lipinski definition) is 6. The minimum atomic E-state index is -0.533. The number of nitrogens with zero attached hydrogens (tertiary/aromatic N) is 2. The van der Waals surface area contributed by atoms with Crippen LogP contribution in [0.4, 0.5) is 5.69 Å². The predicted molar refractivity (Wildman–Crippen MR) is 102 cm³/mol. The Kier molecular flexibility index (Phi) is 5.32. The van der Waals surface area contributed by atoms with E-state index in [-0.39, 0.29) is 24.0 Å². The van der Waals surface area contributed by atoms with Crippen molar-refractivity contribution in [2.45, 2.75) is 45.1 Å². The molecule has 0 aliphatic heterocycles. The van der Waals surface area contributed by atoms with E-state index in [0.717, 1.165) is 18.7 Å². The lowest BCUT2D eigenvalue weighted by Gasteiger charge is -2.27. The summed E-state index contributed by atoms with van der Waals surface area (Å²) < 4.78 is 10.9. The highest BCUT2D eigenvalue weighted by atomic mass is 16.6. The first-order chi connectivity index (χ1) is 13.2. The van der Waals surface area contributed by atoms with Crippen LogP contribution in [0, 0.1) is 11.8 Å². The third-order valence-electron chi connectivity index (χ3n) is 5.43. The summed E-state index contributed by atoms with van der Waals surface area (Å²) in [6, 6.07) is 5.09. The zero-order valence-corrected chi connectivity index (χ0v) is 15.5. The maximum absolute atomic E-state index is 12.6. The van der Waals surface area contributed by atoms with Gasteiger partial charge in [0.15, 0.2) is 11.4 Å². The van der Waals surface area contributed by atoms with Gasteiger partial charge in [0, 0.05) is 31.0 Å². The summed E-state index contributed by atoms with van der Waals surface area (Å²) in [5, 5.41) is 10.6. The average Bonchev–Trinajstić information content (AvgIpc) is 3.32. The van der Waals surface area contributed by atoms with Crippen LogP contribution in [0.3, 0.4) is 0 Å². The van der Waals surface area contributed by atoms with Gasteiger partial charge in [0.1, 0.15) is 6.61 Å². The molecule has 6 heteroatoms. The number of pyridine rings is 1. The highest BCUT2D eigenvalue weighted by Gasteiger charge is 2.30. The lowest BCUT2D eigenvalue weighted by molar-refractivity contribution is 0.218. The maximum atomic E-state index is 12.6. The monoisotopic (exact) mass is 370 g/mol. The molecule has 0 unspecified atom stereocenters. The third-order valence-corrected chi connectivity index (χ3v) is 5.43. The van der Waals surface area contributed by atoms with Crippen LogP contribution in [0.25, 0.3) is 0 Å². The molecule has 1 N–H and O–H groups in total. The second-order valence-electron chi connectivity index (χ2n) is 7.74. The maximum Gasteiger partial charge on any atom is 0.366 e. The van der Waals surface area contributed by atoms with Gasteiger partial charge in [0.05, 0.1) is 6.07 Å². The molecule has 0 radical (unpaired) electrons. The molecule has 2 heterocycles. The van der Waals surface area contributed by atoms with Crippen LogP contribution >= 0.6 is 0 Å². The number of anilines is 1. The Labute approximate surface area is 158 Å². The number of ether oxygens (including phenoxy) is 1. The fourth-order valence-electron chi connectivity index (χ4n) is 3.83. The van der Waals surface area contributed by atoms with E-state index in [0.29, 0.717) is 11.8 Å². The van der Waals surface area contributed by atoms with Gasteiger partial charge in [0.2, 0.25) is 0 Å². The molecule has 144 valence electrons. The van der Waals surface area contributed by atoms with Gasteiger partial charge in [-0.15, -0.1) is 0 Å². The largest absolute Gasteiger partial charge is 0.505 e. The first-order valence-corrected chi connectivity index (χ1v) is 9.83. The fourth-order valence-corrected chi connectivity index (χ4v) is 3.83. The van der Waals surface area contributed by atoms with Crippen molar-refractivity contribution in [2.24, 2.45) is 11.8 Å². The summed E-state index contributed by atoms with van der Waals surface area (Å²) in [5.41, 5.74) is 0.609. The van der Waals surface area contributed by atoms with E-state index in [4.69, 9.17) is 9.15 Å². The number of aromatic hydroxyl groups is 1. The van der Waals surface area contributed by atoms with E-state index in [1.165, 1.54) is 44.6 Å². The molecule has 0 amide bonds. The first kappa shape index (κ1) is 17.9. The summed E-state index contributed by atoms with van der Waals surface area (Å²) in [4.78, 5) is 18.7. The van der Waals surface area contributed by atoms with Gasteiger partial charge in [-0.3, -0.25) is 4.98 Å². The summed E-state index contributed by atoms with van der Waals surface area (Å²) in [6.07, 6.45) is 10.7. The highest BCUT2D eigenvalue weighted by Crippen LogP contribution is 2.36. The van der Waals surface area contributed by atoms with Gasteiger partial charge < -0.3 is 19.2 Å². The fraction of sp³-hybridized carbons (Fsp3) is 0.524. The van der Waals surface area contributed by atoms with Gasteiger partial charge in [-0.1, -0.05) is 18.9 Å². The number of rotatable bonds is 8. The normalized spacial score (nSPS) is 17.2. The lowest BCUT2D eigenvalue weighted by atomic mass is 10.1. The van der Waals surface area contributed by atoms with E-state index in [9.17, 15) is 9.90 Å². The van der Waals surface area contributed by atoms with Crippen LogP contribution in [-0.4, -0.2) is 23.2 Å². The quantitative estimate of drug-likeness (QED) is 0.763. The average molecular weight is 370 g/mol. The van der Waals surface area contributed by atoms with Gasteiger partial charge in [0.25, 0.3) is 5.95 Å². The van der Waals surface area contributed by atoms with Crippen LogP contribution in [0.5, 0.6) is 11.7 Å². The molecular weight excluding hydrogens is 344 g/mol. The van der Waals surface area contributed by atoms with Crippen molar-refractivity contribution in [3.63, 3.8) is 0 Å². The standard InChI is InChI=1S/C21H26N2O4/c24-18-10-19(26-14-17-6-3-9-22-11-17)27-21(25)20(18)23(13-16-7-8-16)12-15-4-1-2-5-15/h3,6,9-11,15-16,24H,1-2,4-5,7-8,12-14H2. The van der Waals surface area contributed by atoms with Gasteiger partial charge >= 0.3 is 5.63 Å². The topological polar surface area (TPSA) is 75.8 Å². The molecule has 2 aromatic rings. The van der Waals surface area contributed by atoms with Crippen LogP contribution in [0.15, 0.2) is 39.8 Å². The molecule has 27 heavy (non-hydrogen) atoms. The minimum Gasteiger partial charge on any atom is -0.505 e. The molecular formula is C21H26N2O4. The molecule has 2 aromatic heterocycles. The minimum absolute atomic E-state index is 0.0253. The van der Waals surface area contributed by atoms with Crippen molar-refractivity contribution >= 4 is 5.69 Å². The highest BCUT2D eigenvalue weighted by molar-refractivity contribution is 5.56. The number of aromatic nitrogens is 1. The Hall–Kier alpha value is -2.50. The van der Waals surface area contributed by atoms with E-state index < -0.39 is 5.63 Å². The Morgan fingerprint density at radius 1 is 1.19 bits per heavy atom. The van der Waals surface area contributed by atoms with Crippen LogP contribution in [0.1, 0.15) is 44.1 Å². The molecule has 2 aliphatic carbocycles. The zero-order valence-electron chi connectivity index (χ0n) is 15.5. The van der Waals surface area contributed by atoms with Crippen molar-refractivity contribution in [3.05, 3.63) is 46.6 Å². The van der Waals surface area contributed by atoms with Gasteiger partial charge in [-0.05, 0) is 43.6 Å². The van der Waals surface area contributed by atoms with Crippen LogP contribution in [-0.2, 0) is 6.61 Å². The van der Waals surface area contributed by atoms with Crippen molar-refractivity contribution in [2.75, 3.05) is 18.0 Å². The van der Waals surface area contributed by atoms with Crippen molar-refractivity contribution in [1.29, 1.82) is 0 Å². The molecule has 6 nitrogen and oxygen atoms in total. The third kappa shape index (κ3) is 4.62. The number of hydrogen-bond donors (Lipinski definition) is 1. The van der Waals surface area contributed by atoms with E-state index in [2.05, 4.69) is 4.98 Å². The summed E-state index contributed by atoms with van der Waals surface area (Å²) in [6.45, 7) is 1.85. The van der Waals surface area contributed by atoms with Crippen LogP contribution in [0.2, 0.25) is 0 Å². The molecule has 0 spiro atoms. The molecule has 0 atom stereocenters. The Morgan fingerprint density at radius 3 is 2.56 bits per heavy atom. The Bertz CT molecular complexity index is 811. The van der Waals surface area contributed by atoms with E-state index in [1.54, 1.807) is 12.4 Å². The van der Waals surface area contributed by atoms with E-state index >= 15 is 0 Å². The van der Waals surface area contributed by atoms with Crippen molar-refractivity contribution in [1.82, 2.24) is 4.98 Å². The molecule has 2 aliphatic rings. The second kappa shape index (κ2) is 8.03. The Morgan fingerprint density at radius 2 is 1.93 bits per heavy atom. The predicted octanol–water partition coefficient (Wildman–Crippen LogP) is 3.73. The zero-order chi connectivity index (χ0) is 18.6. The molecule has 2 saturated carbocycles. The van der Waals surface area contributed by atoms with Gasteiger partial charge in [-0.2, -0.15) is 0 Å². The summed E-state index contributed by atoms with van der Waals surface area (Å²) >= 11 is 0. The Balaban J connectivity index is 1.50. The SMILES string of the molecule is O=c1oc(OCc2cccnc2)cc(O)c1N(CC1CCCC1)CC1CC1. The molecule has 4 rings (SSSR count). The van der Waals surface area contributed by atoms with Gasteiger partial charge in [-0.25, -0.2) is 4.79 Å². The first-order valence-electron chi connectivity index (χ1n) is 9.83.